The average Bonchev–Trinajstić information content (AvgIpc) is 2.36. The van der Waals surface area contributed by atoms with Crippen LogP contribution in [0.4, 0.5) is 8.78 Å². The van der Waals surface area contributed by atoms with Crippen LogP contribution in [0.3, 0.4) is 0 Å². The molecular formula is C8H12F2N2. The van der Waals surface area contributed by atoms with Gasteiger partial charge in [0.25, 0.3) is 5.92 Å². The highest BCUT2D eigenvalue weighted by Crippen LogP contribution is 2.18. The number of hydrogen-bond acceptors (Lipinski definition) is 1. The number of alkyl halides is 2. The number of nitrogens with two attached hydrogens (primary N) is 1. The van der Waals surface area contributed by atoms with Crippen molar-refractivity contribution >= 4 is 0 Å². The van der Waals surface area contributed by atoms with Crippen LogP contribution in [0.25, 0.3) is 0 Å². The molecule has 2 nitrogen and oxygen atoms in total. The zero-order valence-electron chi connectivity index (χ0n) is 6.93. The molecule has 0 atom stereocenters. The van der Waals surface area contributed by atoms with Gasteiger partial charge < -0.3 is 10.3 Å². The molecule has 12 heavy (non-hydrogen) atoms. The van der Waals surface area contributed by atoms with Crippen molar-refractivity contribution < 1.29 is 8.78 Å². The van der Waals surface area contributed by atoms with Crippen molar-refractivity contribution in [2.75, 3.05) is 6.54 Å². The monoisotopic (exact) mass is 174 g/mol. The number of aromatic nitrogens is 1. The van der Waals surface area contributed by atoms with Gasteiger partial charge in [0.1, 0.15) is 0 Å². The minimum atomic E-state index is -2.79. The average molecular weight is 174 g/mol. The lowest BCUT2D eigenvalue weighted by atomic mass is 10.2. The smallest absolute Gasteiger partial charge is 0.265 e. The predicted octanol–water partition coefficient (Wildman–Crippen LogP) is 1.16. The van der Waals surface area contributed by atoms with Gasteiger partial charge in [0.15, 0.2) is 0 Å². The van der Waals surface area contributed by atoms with E-state index in [9.17, 15) is 8.78 Å². The maximum Gasteiger partial charge on any atom is 0.265 e. The number of nitrogens with zero attached hydrogens (tertiary/aromatic N) is 1. The van der Waals surface area contributed by atoms with Crippen molar-refractivity contribution in [3.8, 4) is 0 Å². The number of halogens is 2. The van der Waals surface area contributed by atoms with E-state index < -0.39 is 12.5 Å². The van der Waals surface area contributed by atoms with Crippen molar-refractivity contribution in [3.63, 3.8) is 0 Å². The molecule has 0 aromatic carbocycles. The molecule has 0 bridgehead atoms. The molecule has 0 aliphatic heterocycles. The van der Waals surface area contributed by atoms with E-state index >= 15 is 0 Å². The second kappa shape index (κ2) is 3.23. The van der Waals surface area contributed by atoms with Crippen LogP contribution in [0.2, 0.25) is 0 Å². The van der Waals surface area contributed by atoms with Gasteiger partial charge >= 0.3 is 0 Å². The summed E-state index contributed by atoms with van der Waals surface area (Å²) in [5.41, 5.74) is 5.52. The lowest BCUT2D eigenvalue weighted by molar-refractivity contribution is 0.00992. The van der Waals surface area contributed by atoms with Crippen LogP contribution >= 0.6 is 0 Å². The lowest BCUT2D eigenvalue weighted by Crippen LogP contribution is -2.30. The van der Waals surface area contributed by atoms with Crippen LogP contribution < -0.4 is 5.73 Å². The minimum absolute atomic E-state index is 0.285. The summed E-state index contributed by atoms with van der Waals surface area (Å²) < 4.78 is 27.2. The van der Waals surface area contributed by atoms with Crippen molar-refractivity contribution in [2.24, 2.45) is 12.8 Å². The standard InChI is InChI=1S/C8H12F2N2/c1-12-4-2-3-7(12)5-8(9,10)6-11/h2-4H,5-6,11H2,1H3. The summed E-state index contributed by atoms with van der Waals surface area (Å²) in [6.45, 7) is -0.599. The molecule has 2 N–H and O–H groups in total. The van der Waals surface area contributed by atoms with Gasteiger partial charge in [-0.3, -0.25) is 0 Å². The first-order valence-electron chi connectivity index (χ1n) is 3.73. The molecular weight excluding hydrogens is 162 g/mol. The van der Waals surface area contributed by atoms with E-state index in [1.807, 2.05) is 0 Å². The minimum Gasteiger partial charge on any atom is -0.354 e. The molecule has 4 heteroatoms. The number of aryl methyl sites for hydroxylation is 1. The first-order valence-corrected chi connectivity index (χ1v) is 3.73. The molecule has 0 saturated heterocycles. The molecule has 1 rings (SSSR count). The van der Waals surface area contributed by atoms with Gasteiger partial charge in [0.05, 0.1) is 13.0 Å². The Labute approximate surface area is 70.0 Å². The van der Waals surface area contributed by atoms with E-state index in [2.05, 4.69) is 0 Å². The molecule has 1 aromatic heterocycles. The van der Waals surface area contributed by atoms with Crippen molar-refractivity contribution in [1.82, 2.24) is 4.57 Å². The van der Waals surface area contributed by atoms with Crippen LogP contribution in [0.15, 0.2) is 18.3 Å². The van der Waals surface area contributed by atoms with Crippen LogP contribution in [0.1, 0.15) is 5.69 Å². The van der Waals surface area contributed by atoms with Crippen LogP contribution in [-0.4, -0.2) is 17.0 Å². The van der Waals surface area contributed by atoms with Gasteiger partial charge in [0.2, 0.25) is 0 Å². The summed E-state index contributed by atoms with van der Waals surface area (Å²) in [6.07, 6.45) is 1.45. The summed E-state index contributed by atoms with van der Waals surface area (Å²) in [5, 5.41) is 0. The maximum absolute atomic E-state index is 12.8. The Morgan fingerprint density at radius 3 is 2.67 bits per heavy atom. The molecule has 0 saturated carbocycles. The van der Waals surface area contributed by atoms with E-state index in [4.69, 9.17) is 5.73 Å². The fraction of sp³-hybridized carbons (Fsp3) is 0.500. The van der Waals surface area contributed by atoms with Gasteiger partial charge in [-0.1, -0.05) is 0 Å². The molecule has 0 fully saturated rings. The Balaban J connectivity index is 2.70. The van der Waals surface area contributed by atoms with E-state index in [1.165, 1.54) is 0 Å². The van der Waals surface area contributed by atoms with Crippen LogP contribution in [0.5, 0.6) is 0 Å². The maximum atomic E-state index is 12.8. The first-order chi connectivity index (χ1) is 5.55. The second-order valence-corrected chi connectivity index (χ2v) is 2.85. The third-order valence-corrected chi connectivity index (χ3v) is 1.79. The van der Waals surface area contributed by atoms with Gasteiger partial charge in [-0.05, 0) is 12.1 Å². The molecule has 0 spiro atoms. The Kier molecular flexibility index (Phi) is 2.47. The van der Waals surface area contributed by atoms with Gasteiger partial charge in [0, 0.05) is 18.9 Å². The molecule has 0 aliphatic carbocycles. The molecule has 68 valence electrons. The van der Waals surface area contributed by atoms with Crippen LogP contribution in [-0.2, 0) is 13.5 Å². The zero-order valence-corrected chi connectivity index (χ0v) is 6.93. The second-order valence-electron chi connectivity index (χ2n) is 2.85. The summed E-state index contributed by atoms with van der Waals surface area (Å²) in [5.74, 6) is -2.79. The van der Waals surface area contributed by atoms with Crippen molar-refractivity contribution in [2.45, 2.75) is 12.3 Å². The van der Waals surface area contributed by atoms with E-state index in [1.54, 1.807) is 29.9 Å². The molecule has 0 amide bonds. The summed E-state index contributed by atoms with van der Waals surface area (Å²) in [7, 11) is 1.74. The third kappa shape index (κ3) is 2.04. The van der Waals surface area contributed by atoms with Crippen LogP contribution in [0, 0.1) is 0 Å². The quantitative estimate of drug-likeness (QED) is 0.732. The predicted molar refractivity (Wildman–Crippen MR) is 43.1 cm³/mol. The van der Waals surface area contributed by atoms with E-state index in [0.29, 0.717) is 5.69 Å². The Bertz CT molecular complexity index is 255. The highest BCUT2D eigenvalue weighted by molar-refractivity contribution is 5.08. The topological polar surface area (TPSA) is 30.9 Å². The first kappa shape index (κ1) is 9.19. The van der Waals surface area contributed by atoms with Gasteiger partial charge in [-0.2, -0.15) is 0 Å². The fourth-order valence-corrected chi connectivity index (χ4v) is 1.02. The Hall–Kier alpha value is -0.900. The highest BCUT2D eigenvalue weighted by Gasteiger charge is 2.27. The highest BCUT2D eigenvalue weighted by atomic mass is 19.3. The molecule has 0 unspecified atom stereocenters. The largest absolute Gasteiger partial charge is 0.354 e. The summed E-state index contributed by atoms with van der Waals surface area (Å²) in [4.78, 5) is 0. The van der Waals surface area contributed by atoms with E-state index in [-0.39, 0.29) is 6.42 Å². The fourth-order valence-electron chi connectivity index (χ4n) is 1.02. The summed E-state index contributed by atoms with van der Waals surface area (Å²) in [6, 6.07) is 3.41. The van der Waals surface area contributed by atoms with Crippen molar-refractivity contribution in [1.29, 1.82) is 0 Å². The molecule has 1 aromatic rings. The lowest BCUT2D eigenvalue weighted by Gasteiger charge is -2.13. The summed E-state index contributed by atoms with van der Waals surface area (Å²) >= 11 is 0. The van der Waals surface area contributed by atoms with Gasteiger partial charge in [-0.15, -0.1) is 0 Å². The van der Waals surface area contributed by atoms with Crippen molar-refractivity contribution in [3.05, 3.63) is 24.0 Å². The SMILES string of the molecule is Cn1cccc1CC(F)(F)CN. The molecule has 0 aliphatic rings. The molecule has 0 radical (unpaired) electrons. The van der Waals surface area contributed by atoms with E-state index in [0.717, 1.165) is 0 Å². The Morgan fingerprint density at radius 1 is 1.58 bits per heavy atom. The number of rotatable bonds is 3. The Morgan fingerprint density at radius 2 is 2.25 bits per heavy atom. The zero-order chi connectivity index (χ0) is 9.19. The third-order valence-electron chi connectivity index (χ3n) is 1.79. The normalized spacial score (nSPS) is 12.0. The number of hydrogen-bond donors (Lipinski definition) is 1. The van der Waals surface area contributed by atoms with Gasteiger partial charge in [-0.25, -0.2) is 8.78 Å². The molecule has 1 heterocycles.